The van der Waals surface area contributed by atoms with Crippen molar-refractivity contribution in [3.8, 4) is 5.69 Å². The summed E-state index contributed by atoms with van der Waals surface area (Å²) in [4.78, 5) is 5.19. The van der Waals surface area contributed by atoms with Gasteiger partial charge < -0.3 is 4.90 Å². The highest BCUT2D eigenvalue weighted by Crippen LogP contribution is 2.18. The lowest BCUT2D eigenvalue weighted by molar-refractivity contribution is 0.0695. The van der Waals surface area contributed by atoms with Gasteiger partial charge in [-0.15, -0.1) is 0 Å². The topological polar surface area (TPSA) is 24.3 Å². The molecule has 1 atom stereocenters. The van der Waals surface area contributed by atoms with Gasteiger partial charge in [0.2, 0.25) is 0 Å². The molecule has 0 spiro atoms. The van der Waals surface area contributed by atoms with E-state index in [1.165, 1.54) is 38.2 Å². The van der Waals surface area contributed by atoms with E-state index in [-0.39, 0.29) is 0 Å². The molecule has 118 valence electrons. The average Bonchev–Trinajstić information content (AvgIpc) is 3.10. The fourth-order valence-corrected chi connectivity index (χ4v) is 3.29. The molecular formula is C18H26N4. The van der Waals surface area contributed by atoms with Gasteiger partial charge in [-0.2, -0.15) is 5.10 Å². The molecule has 1 aromatic carbocycles. The normalized spacial score (nSPS) is 20.4. The van der Waals surface area contributed by atoms with Gasteiger partial charge in [0.1, 0.15) is 0 Å². The standard InChI is InChI=1S/C18H26N4/c1-3-17-15-20(4-2)11-12-21(17)14-16-7-5-8-18(13-16)22-10-6-9-19-22/h5-10,13,17H,3-4,11-12,14-15H2,1-2H3. The lowest BCUT2D eigenvalue weighted by Crippen LogP contribution is -2.52. The summed E-state index contributed by atoms with van der Waals surface area (Å²) in [7, 11) is 0. The van der Waals surface area contributed by atoms with Crippen LogP contribution in [0.5, 0.6) is 0 Å². The third kappa shape index (κ3) is 3.39. The van der Waals surface area contributed by atoms with Gasteiger partial charge in [0.25, 0.3) is 0 Å². The zero-order valence-electron chi connectivity index (χ0n) is 13.7. The van der Waals surface area contributed by atoms with Crippen LogP contribution in [0, 0.1) is 0 Å². The molecule has 1 aliphatic rings. The largest absolute Gasteiger partial charge is 0.301 e. The van der Waals surface area contributed by atoms with Gasteiger partial charge >= 0.3 is 0 Å². The predicted molar refractivity (Wildman–Crippen MR) is 90.2 cm³/mol. The molecule has 2 heterocycles. The molecular weight excluding hydrogens is 272 g/mol. The maximum atomic E-state index is 4.32. The SMILES string of the molecule is CCC1CN(CC)CCN1Cc1cccc(-n2cccn2)c1. The van der Waals surface area contributed by atoms with Gasteiger partial charge in [0.05, 0.1) is 5.69 Å². The number of aromatic nitrogens is 2. The Labute approximate surface area is 133 Å². The molecule has 1 fully saturated rings. The van der Waals surface area contributed by atoms with Gasteiger partial charge in [-0.1, -0.05) is 26.0 Å². The lowest BCUT2D eigenvalue weighted by Gasteiger charge is -2.41. The van der Waals surface area contributed by atoms with E-state index in [2.05, 4.69) is 53.0 Å². The summed E-state index contributed by atoms with van der Waals surface area (Å²) < 4.78 is 1.93. The summed E-state index contributed by atoms with van der Waals surface area (Å²) >= 11 is 0. The monoisotopic (exact) mass is 298 g/mol. The molecule has 4 nitrogen and oxygen atoms in total. The second-order valence-corrected chi connectivity index (χ2v) is 6.05. The number of hydrogen-bond donors (Lipinski definition) is 0. The van der Waals surface area contributed by atoms with Gasteiger partial charge in [0, 0.05) is 44.6 Å². The van der Waals surface area contributed by atoms with Crippen molar-refractivity contribution in [1.82, 2.24) is 19.6 Å². The zero-order chi connectivity index (χ0) is 15.4. The summed E-state index contributed by atoms with van der Waals surface area (Å²) in [5.74, 6) is 0. The first-order chi connectivity index (χ1) is 10.8. The fraction of sp³-hybridized carbons (Fsp3) is 0.500. The smallest absolute Gasteiger partial charge is 0.0648 e. The van der Waals surface area contributed by atoms with Crippen molar-refractivity contribution in [1.29, 1.82) is 0 Å². The Morgan fingerprint density at radius 3 is 2.82 bits per heavy atom. The third-order valence-electron chi connectivity index (χ3n) is 4.67. The minimum absolute atomic E-state index is 0.669. The van der Waals surface area contributed by atoms with Crippen LogP contribution in [0.2, 0.25) is 0 Å². The number of benzene rings is 1. The van der Waals surface area contributed by atoms with E-state index in [4.69, 9.17) is 0 Å². The first-order valence-corrected chi connectivity index (χ1v) is 8.35. The highest BCUT2D eigenvalue weighted by atomic mass is 15.3. The van der Waals surface area contributed by atoms with Crippen LogP contribution < -0.4 is 0 Å². The minimum Gasteiger partial charge on any atom is -0.301 e. The van der Waals surface area contributed by atoms with Crippen molar-refractivity contribution in [3.05, 3.63) is 48.3 Å². The Morgan fingerprint density at radius 1 is 1.18 bits per heavy atom. The predicted octanol–water partition coefficient (Wildman–Crippen LogP) is 2.79. The molecule has 4 heteroatoms. The van der Waals surface area contributed by atoms with E-state index < -0.39 is 0 Å². The first-order valence-electron chi connectivity index (χ1n) is 8.35. The van der Waals surface area contributed by atoms with E-state index in [0.29, 0.717) is 6.04 Å². The van der Waals surface area contributed by atoms with Crippen molar-refractivity contribution >= 4 is 0 Å². The zero-order valence-corrected chi connectivity index (χ0v) is 13.7. The van der Waals surface area contributed by atoms with Crippen molar-refractivity contribution in [2.45, 2.75) is 32.9 Å². The number of nitrogens with zero attached hydrogens (tertiary/aromatic N) is 4. The Morgan fingerprint density at radius 2 is 2.09 bits per heavy atom. The van der Waals surface area contributed by atoms with Crippen LogP contribution in [0.4, 0.5) is 0 Å². The molecule has 1 unspecified atom stereocenters. The van der Waals surface area contributed by atoms with Crippen LogP contribution in [0.25, 0.3) is 5.69 Å². The maximum Gasteiger partial charge on any atom is 0.0648 e. The van der Waals surface area contributed by atoms with Gasteiger partial charge in [-0.25, -0.2) is 4.68 Å². The minimum atomic E-state index is 0.669. The van der Waals surface area contributed by atoms with Gasteiger partial charge in [0.15, 0.2) is 0 Å². The number of rotatable bonds is 5. The molecule has 0 N–H and O–H groups in total. The van der Waals surface area contributed by atoms with Crippen molar-refractivity contribution in [2.75, 3.05) is 26.2 Å². The summed E-state index contributed by atoms with van der Waals surface area (Å²) in [6.45, 7) is 10.3. The van der Waals surface area contributed by atoms with Crippen LogP contribution in [0.15, 0.2) is 42.7 Å². The van der Waals surface area contributed by atoms with Gasteiger partial charge in [-0.3, -0.25) is 4.90 Å². The molecule has 0 radical (unpaired) electrons. The number of likely N-dealkylation sites (N-methyl/N-ethyl adjacent to an activating group) is 1. The molecule has 22 heavy (non-hydrogen) atoms. The van der Waals surface area contributed by atoms with E-state index in [1.807, 2.05) is 23.1 Å². The van der Waals surface area contributed by atoms with E-state index in [1.54, 1.807) is 0 Å². The fourth-order valence-electron chi connectivity index (χ4n) is 3.29. The van der Waals surface area contributed by atoms with Crippen LogP contribution >= 0.6 is 0 Å². The lowest BCUT2D eigenvalue weighted by atomic mass is 10.1. The summed E-state index contributed by atoms with van der Waals surface area (Å²) in [6.07, 6.45) is 5.03. The van der Waals surface area contributed by atoms with Crippen molar-refractivity contribution in [3.63, 3.8) is 0 Å². The van der Waals surface area contributed by atoms with Crippen LogP contribution in [-0.4, -0.2) is 51.8 Å². The Kier molecular flexibility index (Phi) is 4.90. The van der Waals surface area contributed by atoms with Crippen LogP contribution in [0.1, 0.15) is 25.8 Å². The number of hydrogen-bond acceptors (Lipinski definition) is 3. The van der Waals surface area contributed by atoms with Crippen LogP contribution in [-0.2, 0) is 6.54 Å². The second-order valence-electron chi connectivity index (χ2n) is 6.05. The highest BCUT2D eigenvalue weighted by molar-refractivity contribution is 5.35. The number of piperazine rings is 1. The second kappa shape index (κ2) is 7.07. The quantitative estimate of drug-likeness (QED) is 0.848. The molecule has 3 rings (SSSR count). The third-order valence-corrected chi connectivity index (χ3v) is 4.67. The molecule has 0 amide bonds. The Balaban J connectivity index is 1.71. The summed E-state index contributed by atoms with van der Waals surface area (Å²) in [5.41, 5.74) is 2.51. The van der Waals surface area contributed by atoms with Gasteiger partial charge in [-0.05, 0) is 36.7 Å². The first kappa shape index (κ1) is 15.3. The average molecular weight is 298 g/mol. The molecule has 0 bridgehead atoms. The van der Waals surface area contributed by atoms with Crippen molar-refractivity contribution in [2.24, 2.45) is 0 Å². The van der Waals surface area contributed by atoms with Crippen molar-refractivity contribution < 1.29 is 0 Å². The molecule has 0 aliphatic carbocycles. The molecule has 1 aromatic heterocycles. The highest BCUT2D eigenvalue weighted by Gasteiger charge is 2.24. The Bertz CT molecular complexity index is 579. The van der Waals surface area contributed by atoms with Crippen LogP contribution in [0.3, 0.4) is 0 Å². The Hall–Kier alpha value is -1.65. The van der Waals surface area contributed by atoms with E-state index in [0.717, 1.165) is 12.2 Å². The molecule has 2 aromatic rings. The van der Waals surface area contributed by atoms with E-state index in [9.17, 15) is 0 Å². The molecule has 1 saturated heterocycles. The van der Waals surface area contributed by atoms with E-state index >= 15 is 0 Å². The maximum absolute atomic E-state index is 4.32. The molecule has 1 aliphatic heterocycles. The molecule has 0 saturated carbocycles. The summed E-state index contributed by atoms with van der Waals surface area (Å²) in [6, 6.07) is 11.4. The summed E-state index contributed by atoms with van der Waals surface area (Å²) in [5, 5.41) is 4.32.